The van der Waals surface area contributed by atoms with E-state index in [0.29, 0.717) is 31.6 Å². The Morgan fingerprint density at radius 2 is 1.50 bits per heavy atom. The highest BCUT2D eigenvalue weighted by Gasteiger charge is 2.33. The molecule has 3 saturated heterocycles. The molecule has 1 aromatic carbocycles. The Bertz CT molecular complexity index is 689. The molecule has 30 heavy (non-hydrogen) atoms. The predicted molar refractivity (Wildman–Crippen MR) is 116 cm³/mol. The number of benzene rings is 1. The number of hydrogen-bond donors (Lipinski definition) is 0. The molecule has 0 aliphatic carbocycles. The molecule has 0 radical (unpaired) electrons. The highest BCUT2D eigenvalue weighted by molar-refractivity contribution is 5.79. The number of aryl methyl sites for hydroxylation is 1. The van der Waals surface area contributed by atoms with E-state index < -0.39 is 0 Å². The largest absolute Gasteiger partial charge is 0.378 e. The second-order valence-corrected chi connectivity index (χ2v) is 8.85. The molecule has 6 heteroatoms. The molecule has 0 bridgehead atoms. The Labute approximate surface area is 180 Å². The number of piperidine rings is 2. The van der Waals surface area contributed by atoms with Crippen LogP contribution in [0.3, 0.4) is 0 Å². The van der Waals surface area contributed by atoms with E-state index in [4.69, 9.17) is 4.74 Å². The number of likely N-dealkylation sites (tertiary alicyclic amines) is 2. The molecule has 3 heterocycles. The molecule has 2 amide bonds. The third-order valence-corrected chi connectivity index (χ3v) is 7.01. The maximum atomic E-state index is 12.7. The van der Waals surface area contributed by atoms with Crippen molar-refractivity contribution < 1.29 is 14.3 Å². The summed E-state index contributed by atoms with van der Waals surface area (Å²) in [6.45, 7) is 6.59. The molecule has 1 aromatic rings. The van der Waals surface area contributed by atoms with Crippen LogP contribution in [-0.4, -0.2) is 85.0 Å². The summed E-state index contributed by atoms with van der Waals surface area (Å²) in [6.07, 6.45) is 5.46. The molecule has 0 N–H and O–H groups in total. The number of carbonyl (C=O) groups is 2. The van der Waals surface area contributed by atoms with Crippen LogP contribution in [0.25, 0.3) is 0 Å². The summed E-state index contributed by atoms with van der Waals surface area (Å²) >= 11 is 0. The third kappa shape index (κ3) is 5.41. The molecule has 164 valence electrons. The lowest BCUT2D eigenvalue weighted by atomic mass is 9.92. The van der Waals surface area contributed by atoms with Crippen molar-refractivity contribution in [1.29, 1.82) is 0 Å². The molecular weight excluding hydrogens is 378 g/mol. The molecule has 4 rings (SSSR count). The average molecular weight is 414 g/mol. The normalized spacial score (nSPS) is 22.3. The van der Waals surface area contributed by atoms with E-state index in [9.17, 15) is 9.59 Å². The predicted octanol–water partition coefficient (Wildman–Crippen LogP) is 2.18. The Morgan fingerprint density at radius 1 is 0.833 bits per heavy atom. The lowest BCUT2D eigenvalue weighted by molar-refractivity contribution is -0.141. The zero-order valence-electron chi connectivity index (χ0n) is 18.0. The molecule has 6 nitrogen and oxygen atoms in total. The fourth-order valence-electron chi connectivity index (χ4n) is 5.09. The van der Waals surface area contributed by atoms with Gasteiger partial charge in [-0.3, -0.25) is 9.59 Å². The van der Waals surface area contributed by atoms with Gasteiger partial charge in [0.05, 0.1) is 13.2 Å². The lowest BCUT2D eigenvalue weighted by Gasteiger charge is -2.42. The van der Waals surface area contributed by atoms with Gasteiger partial charge >= 0.3 is 0 Å². The maximum absolute atomic E-state index is 12.7. The number of carbonyl (C=O) groups excluding carboxylic acids is 2. The van der Waals surface area contributed by atoms with Crippen LogP contribution in [0.15, 0.2) is 30.3 Å². The first-order valence-corrected chi connectivity index (χ1v) is 11.6. The summed E-state index contributed by atoms with van der Waals surface area (Å²) < 4.78 is 5.37. The van der Waals surface area contributed by atoms with E-state index in [1.54, 1.807) is 0 Å². The Hall–Kier alpha value is -1.92. The minimum atomic E-state index is 0.180. The van der Waals surface area contributed by atoms with Crippen molar-refractivity contribution in [3.05, 3.63) is 35.9 Å². The Balaban J connectivity index is 1.17. The number of nitrogens with zero attached hydrogens (tertiary/aromatic N) is 3. The second-order valence-electron chi connectivity index (χ2n) is 8.85. The number of rotatable bonds is 5. The minimum Gasteiger partial charge on any atom is -0.378 e. The van der Waals surface area contributed by atoms with Crippen molar-refractivity contribution >= 4 is 11.8 Å². The van der Waals surface area contributed by atoms with Crippen LogP contribution in [0.1, 0.15) is 37.7 Å². The van der Waals surface area contributed by atoms with Gasteiger partial charge in [-0.15, -0.1) is 0 Å². The molecule has 0 unspecified atom stereocenters. The van der Waals surface area contributed by atoms with Gasteiger partial charge in [-0.2, -0.15) is 0 Å². The topological polar surface area (TPSA) is 53.1 Å². The lowest BCUT2D eigenvalue weighted by Crippen LogP contribution is -2.51. The van der Waals surface area contributed by atoms with Crippen LogP contribution < -0.4 is 0 Å². The third-order valence-electron chi connectivity index (χ3n) is 7.01. The van der Waals surface area contributed by atoms with Crippen molar-refractivity contribution in [2.75, 3.05) is 52.5 Å². The van der Waals surface area contributed by atoms with Crippen LogP contribution in [0.2, 0.25) is 0 Å². The van der Waals surface area contributed by atoms with E-state index in [1.807, 2.05) is 28.0 Å². The van der Waals surface area contributed by atoms with Gasteiger partial charge in [-0.25, -0.2) is 0 Å². The first-order chi connectivity index (χ1) is 14.7. The van der Waals surface area contributed by atoms with E-state index in [2.05, 4.69) is 17.0 Å². The van der Waals surface area contributed by atoms with Gasteiger partial charge in [-0.05, 0) is 50.8 Å². The van der Waals surface area contributed by atoms with Gasteiger partial charge in [0.2, 0.25) is 11.8 Å². The molecule has 0 saturated carbocycles. The molecule has 3 fully saturated rings. The molecule has 3 aliphatic rings. The summed E-state index contributed by atoms with van der Waals surface area (Å²) in [5.74, 6) is 0.794. The number of hydrogen-bond acceptors (Lipinski definition) is 4. The van der Waals surface area contributed by atoms with Crippen LogP contribution in [0, 0.1) is 5.92 Å². The molecule has 0 atom stereocenters. The highest BCUT2D eigenvalue weighted by Crippen LogP contribution is 2.26. The highest BCUT2D eigenvalue weighted by atomic mass is 16.5. The molecule has 0 aromatic heterocycles. The summed E-state index contributed by atoms with van der Waals surface area (Å²) in [4.78, 5) is 31.9. The monoisotopic (exact) mass is 413 g/mol. The van der Waals surface area contributed by atoms with Crippen molar-refractivity contribution in [1.82, 2.24) is 14.7 Å². The first kappa shape index (κ1) is 21.3. The second kappa shape index (κ2) is 10.4. The van der Waals surface area contributed by atoms with E-state index >= 15 is 0 Å². The molecule has 3 aliphatic heterocycles. The van der Waals surface area contributed by atoms with Crippen molar-refractivity contribution in [3.8, 4) is 0 Å². The Kier molecular flexibility index (Phi) is 7.39. The summed E-state index contributed by atoms with van der Waals surface area (Å²) in [7, 11) is 0. The van der Waals surface area contributed by atoms with Gasteiger partial charge < -0.3 is 19.4 Å². The minimum absolute atomic E-state index is 0.180. The average Bonchev–Trinajstić information content (AvgIpc) is 2.83. The summed E-state index contributed by atoms with van der Waals surface area (Å²) in [6, 6.07) is 10.8. The van der Waals surface area contributed by atoms with Crippen LogP contribution in [-0.2, 0) is 20.7 Å². The smallest absolute Gasteiger partial charge is 0.225 e. The standard InChI is InChI=1S/C24H35N3O3/c28-23(7-6-20-4-2-1-3-5-20)26-14-10-22(11-15-26)25-12-8-21(9-13-25)24(29)27-16-18-30-19-17-27/h1-5,21-22H,6-19H2. The number of morpholine rings is 1. The van der Waals surface area contributed by atoms with E-state index in [0.717, 1.165) is 71.4 Å². The SMILES string of the molecule is O=C(CCc1ccccc1)N1CCC(N2CCC(C(=O)N3CCOCC3)CC2)CC1. The van der Waals surface area contributed by atoms with Gasteiger partial charge in [0.25, 0.3) is 0 Å². The quantitative estimate of drug-likeness (QED) is 0.743. The first-order valence-electron chi connectivity index (χ1n) is 11.6. The van der Waals surface area contributed by atoms with Crippen molar-refractivity contribution in [3.63, 3.8) is 0 Å². The van der Waals surface area contributed by atoms with E-state index in [1.165, 1.54) is 5.56 Å². The molecular formula is C24H35N3O3. The van der Waals surface area contributed by atoms with E-state index in [-0.39, 0.29) is 11.8 Å². The summed E-state index contributed by atoms with van der Waals surface area (Å²) in [5, 5.41) is 0. The Morgan fingerprint density at radius 3 is 2.17 bits per heavy atom. The number of ether oxygens (including phenoxy) is 1. The number of amides is 2. The summed E-state index contributed by atoms with van der Waals surface area (Å²) in [5.41, 5.74) is 1.23. The van der Waals surface area contributed by atoms with Gasteiger partial charge in [0.1, 0.15) is 0 Å². The zero-order valence-corrected chi connectivity index (χ0v) is 18.0. The van der Waals surface area contributed by atoms with Crippen molar-refractivity contribution in [2.45, 2.75) is 44.6 Å². The van der Waals surface area contributed by atoms with Crippen molar-refractivity contribution in [2.24, 2.45) is 5.92 Å². The maximum Gasteiger partial charge on any atom is 0.225 e. The van der Waals surface area contributed by atoms with Crippen LogP contribution >= 0.6 is 0 Å². The van der Waals surface area contributed by atoms with Crippen LogP contribution in [0.5, 0.6) is 0 Å². The van der Waals surface area contributed by atoms with Gasteiger partial charge in [0, 0.05) is 44.6 Å². The molecule has 0 spiro atoms. The fourth-order valence-corrected chi connectivity index (χ4v) is 5.09. The zero-order chi connectivity index (χ0) is 20.8. The van der Waals surface area contributed by atoms with Gasteiger partial charge in [0.15, 0.2) is 0 Å². The van der Waals surface area contributed by atoms with Crippen LogP contribution in [0.4, 0.5) is 0 Å². The fraction of sp³-hybridized carbons (Fsp3) is 0.667. The van der Waals surface area contributed by atoms with Gasteiger partial charge in [-0.1, -0.05) is 30.3 Å².